The number of aromatic nitrogens is 1. The van der Waals surface area contributed by atoms with E-state index in [1.807, 2.05) is 0 Å². The number of hydrogen-bond acceptors (Lipinski definition) is 2. The zero-order chi connectivity index (χ0) is 10.0. The molecule has 1 aromatic rings. The Hall–Kier alpha value is -0.370. The first kappa shape index (κ1) is 10.7. The molecule has 1 aromatic heterocycles. The molecule has 0 bridgehead atoms. The molecule has 1 N–H and O–H groups in total. The minimum absolute atomic E-state index is 0.0944. The number of halogens is 4. The average Bonchev–Trinajstić information content (AvgIpc) is 2.07. The topological polar surface area (TPSA) is 33.1 Å². The molecule has 0 fully saturated rings. The van der Waals surface area contributed by atoms with Gasteiger partial charge in [0.05, 0.1) is 12.2 Å². The van der Waals surface area contributed by atoms with E-state index in [4.69, 9.17) is 5.11 Å². The van der Waals surface area contributed by atoms with Gasteiger partial charge in [0.25, 0.3) is 6.43 Å². The lowest BCUT2D eigenvalue weighted by molar-refractivity contribution is 0.140. The molecule has 0 spiro atoms. The van der Waals surface area contributed by atoms with E-state index < -0.39 is 24.5 Å². The predicted molar refractivity (Wildman–Crippen MR) is 47.8 cm³/mol. The van der Waals surface area contributed by atoms with Crippen molar-refractivity contribution in [2.45, 2.75) is 13.0 Å². The Morgan fingerprint density at radius 1 is 1.54 bits per heavy atom. The lowest BCUT2D eigenvalue weighted by Crippen LogP contribution is -2.04. The summed E-state index contributed by atoms with van der Waals surface area (Å²) < 4.78 is 37.6. The number of pyridine rings is 1. The summed E-state index contributed by atoms with van der Waals surface area (Å²) in [6.45, 7) is -0.614. The van der Waals surface area contributed by atoms with Crippen molar-refractivity contribution in [1.29, 1.82) is 0 Å². The number of alkyl halides is 2. The van der Waals surface area contributed by atoms with Gasteiger partial charge in [-0.05, 0) is 22.6 Å². The van der Waals surface area contributed by atoms with Crippen LogP contribution in [0.5, 0.6) is 0 Å². The molecule has 0 aliphatic rings. The Kier molecular flexibility index (Phi) is 3.48. The minimum atomic E-state index is -2.95. The van der Waals surface area contributed by atoms with Crippen LogP contribution in [0, 0.1) is 9.52 Å². The predicted octanol–water partition coefficient (Wildman–Crippen LogP) is 2.26. The fourth-order valence-corrected chi connectivity index (χ4v) is 1.50. The van der Waals surface area contributed by atoms with Gasteiger partial charge in [-0.2, -0.15) is 4.39 Å². The molecule has 0 radical (unpaired) electrons. The van der Waals surface area contributed by atoms with Gasteiger partial charge in [0.15, 0.2) is 0 Å². The maximum absolute atomic E-state index is 12.8. The highest BCUT2D eigenvalue weighted by Gasteiger charge is 2.20. The van der Waals surface area contributed by atoms with Crippen LogP contribution in [0.1, 0.15) is 17.6 Å². The highest BCUT2D eigenvalue weighted by Crippen LogP contribution is 2.27. The van der Waals surface area contributed by atoms with E-state index >= 15 is 0 Å². The number of nitrogens with zero attached hydrogens (tertiary/aromatic N) is 1. The average molecular weight is 303 g/mol. The fourth-order valence-electron chi connectivity index (χ4n) is 0.896. The Bertz CT molecular complexity index is 319. The zero-order valence-corrected chi connectivity index (χ0v) is 8.43. The van der Waals surface area contributed by atoms with Crippen LogP contribution >= 0.6 is 22.6 Å². The summed E-state index contributed by atoms with van der Waals surface area (Å²) in [6, 6.07) is 0. The molecular formula is C7H5F3INO. The molecular weight excluding hydrogens is 298 g/mol. The summed E-state index contributed by atoms with van der Waals surface area (Å²) in [6.07, 6.45) is -1.85. The molecule has 72 valence electrons. The first-order valence-corrected chi connectivity index (χ1v) is 4.37. The molecule has 1 rings (SSSR count). The van der Waals surface area contributed by atoms with Crippen LogP contribution in [0.3, 0.4) is 0 Å². The van der Waals surface area contributed by atoms with Crippen molar-refractivity contribution in [2.75, 3.05) is 0 Å². The van der Waals surface area contributed by atoms with Gasteiger partial charge in [-0.25, -0.2) is 13.8 Å². The second kappa shape index (κ2) is 4.23. The van der Waals surface area contributed by atoms with Gasteiger partial charge in [0.1, 0.15) is 0 Å². The minimum Gasteiger partial charge on any atom is -0.392 e. The molecule has 0 aliphatic heterocycles. The molecule has 2 nitrogen and oxygen atoms in total. The summed E-state index contributed by atoms with van der Waals surface area (Å²) in [5.74, 6) is -1.22. The monoisotopic (exact) mass is 303 g/mol. The SMILES string of the molecule is OCc1c(I)cnc(F)c1C(F)F. The number of rotatable bonds is 2. The van der Waals surface area contributed by atoms with E-state index in [-0.39, 0.29) is 5.56 Å². The number of aliphatic hydroxyl groups excluding tert-OH is 1. The van der Waals surface area contributed by atoms with Gasteiger partial charge in [-0.1, -0.05) is 0 Å². The first-order chi connectivity index (χ1) is 6.07. The van der Waals surface area contributed by atoms with Gasteiger partial charge >= 0.3 is 0 Å². The van der Waals surface area contributed by atoms with Crippen LogP contribution in [-0.4, -0.2) is 10.1 Å². The quantitative estimate of drug-likeness (QED) is 0.671. The lowest BCUT2D eigenvalue weighted by Gasteiger charge is -2.08. The van der Waals surface area contributed by atoms with Crippen molar-refractivity contribution < 1.29 is 18.3 Å². The summed E-state index contributed by atoms with van der Waals surface area (Å²) in [5, 5.41) is 8.74. The van der Waals surface area contributed by atoms with Gasteiger partial charge in [-0.3, -0.25) is 0 Å². The van der Waals surface area contributed by atoms with Gasteiger partial charge in [0.2, 0.25) is 5.95 Å². The van der Waals surface area contributed by atoms with Crippen LogP contribution in [-0.2, 0) is 6.61 Å². The van der Waals surface area contributed by atoms with Crippen LogP contribution in [0.2, 0.25) is 0 Å². The Labute approximate surface area is 85.9 Å². The van der Waals surface area contributed by atoms with Crippen LogP contribution < -0.4 is 0 Å². The van der Waals surface area contributed by atoms with E-state index in [0.29, 0.717) is 3.57 Å². The Morgan fingerprint density at radius 2 is 2.15 bits per heavy atom. The van der Waals surface area contributed by atoms with E-state index in [1.54, 1.807) is 22.6 Å². The van der Waals surface area contributed by atoms with Crippen LogP contribution in [0.25, 0.3) is 0 Å². The third kappa shape index (κ3) is 2.11. The Morgan fingerprint density at radius 3 is 2.54 bits per heavy atom. The number of hydrogen-bond donors (Lipinski definition) is 1. The van der Waals surface area contributed by atoms with Gasteiger partial charge in [0, 0.05) is 15.3 Å². The molecule has 0 amide bonds. The number of aliphatic hydroxyl groups is 1. The molecule has 6 heteroatoms. The molecule has 0 aliphatic carbocycles. The molecule has 13 heavy (non-hydrogen) atoms. The smallest absolute Gasteiger partial charge is 0.268 e. The van der Waals surface area contributed by atoms with Crippen molar-refractivity contribution in [2.24, 2.45) is 0 Å². The third-order valence-electron chi connectivity index (χ3n) is 1.50. The molecule has 0 unspecified atom stereocenters. The highest BCUT2D eigenvalue weighted by atomic mass is 127. The van der Waals surface area contributed by atoms with E-state index in [0.717, 1.165) is 6.20 Å². The van der Waals surface area contributed by atoms with Crippen molar-refractivity contribution in [3.63, 3.8) is 0 Å². The molecule has 0 saturated carbocycles. The van der Waals surface area contributed by atoms with Gasteiger partial charge in [-0.15, -0.1) is 0 Å². The van der Waals surface area contributed by atoms with Crippen molar-refractivity contribution in [3.05, 3.63) is 26.8 Å². The maximum atomic E-state index is 12.8. The van der Waals surface area contributed by atoms with Crippen molar-refractivity contribution in [1.82, 2.24) is 4.98 Å². The standard InChI is InChI=1S/C7H5F3INO/c8-6(9)5-3(2-13)4(11)1-12-7(5)10/h1,6,13H,2H2. The summed E-state index contributed by atoms with van der Waals surface area (Å²) in [4.78, 5) is 3.14. The molecule has 0 atom stereocenters. The van der Waals surface area contributed by atoms with Crippen molar-refractivity contribution >= 4 is 22.6 Å². The normalized spacial score (nSPS) is 10.9. The largest absolute Gasteiger partial charge is 0.392 e. The fraction of sp³-hybridized carbons (Fsp3) is 0.286. The molecule has 0 saturated heterocycles. The lowest BCUT2D eigenvalue weighted by atomic mass is 10.1. The van der Waals surface area contributed by atoms with Crippen molar-refractivity contribution in [3.8, 4) is 0 Å². The van der Waals surface area contributed by atoms with Gasteiger partial charge < -0.3 is 5.11 Å². The first-order valence-electron chi connectivity index (χ1n) is 3.29. The second-order valence-corrected chi connectivity index (χ2v) is 3.41. The maximum Gasteiger partial charge on any atom is 0.268 e. The molecule has 0 aromatic carbocycles. The summed E-state index contributed by atoms with van der Waals surface area (Å²) >= 11 is 1.71. The zero-order valence-electron chi connectivity index (χ0n) is 6.27. The van der Waals surface area contributed by atoms with Crippen LogP contribution in [0.15, 0.2) is 6.20 Å². The summed E-state index contributed by atoms with van der Waals surface area (Å²) in [5.41, 5.74) is -0.905. The summed E-state index contributed by atoms with van der Waals surface area (Å²) in [7, 11) is 0. The van der Waals surface area contributed by atoms with E-state index in [9.17, 15) is 13.2 Å². The van der Waals surface area contributed by atoms with E-state index in [1.165, 1.54) is 0 Å². The molecule has 1 heterocycles. The van der Waals surface area contributed by atoms with Crippen LogP contribution in [0.4, 0.5) is 13.2 Å². The third-order valence-corrected chi connectivity index (χ3v) is 2.43. The highest BCUT2D eigenvalue weighted by molar-refractivity contribution is 14.1. The second-order valence-electron chi connectivity index (χ2n) is 2.25. The Balaban J connectivity index is 3.35. The van der Waals surface area contributed by atoms with E-state index in [2.05, 4.69) is 4.98 Å².